The second-order valence-electron chi connectivity index (χ2n) is 6.06. The summed E-state index contributed by atoms with van der Waals surface area (Å²) in [5, 5.41) is 12.0. The van der Waals surface area contributed by atoms with E-state index in [4.69, 9.17) is 11.6 Å². The molecule has 0 bridgehead atoms. The summed E-state index contributed by atoms with van der Waals surface area (Å²) >= 11 is 7.29. The highest BCUT2D eigenvalue weighted by atomic mass is 35.5. The Morgan fingerprint density at radius 2 is 1.85 bits per heavy atom. The first-order valence-corrected chi connectivity index (χ1v) is 9.37. The van der Waals surface area contributed by atoms with Crippen molar-refractivity contribution < 1.29 is 4.79 Å². The maximum atomic E-state index is 12.1. The van der Waals surface area contributed by atoms with Crippen LogP contribution in [0.3, 0.4) is 0 Å². The summed E-state index contributed by atoms with van der Waals surface area (Å²) in [6, 6.07) is 15.5. The highest BCUT2D eigenvalue weighted by Gasteiger charge is 2.30. The lowest BCUT2D eigenvalue weighted by atomic mass is 10.1. The molecule has 2 aromatic carbocycles. The van der Waals surface area contributed by atoms with E-state index in [1.807, 2.05) is 67.5 Å². The molecule has 5 nitrogen and oxygen atoms in total. The molecule has 1 amide bonds. The Morgan fingerprint density at radius 1 is 1.15 bits per heavy atom. The van der Waals surface area contributed by atoms with Crippen molar-refractivity contribution in [2.45, 2.75) is 11.7 Å². The Balaban J connectivity index is 1.59. The monoisotopic (exact) mass is 386 g/mol. The number of amidine groups is 1. The van der Waals surface area contributed by atoms with Crippen LogP contribution in [0.5, 0.6) is 0 Å². The van der Waals surface area contributed by atoms with Gasteiger partial charge in [-0.3, -0.25) is 4.79 Å². The van der Waals surface area contributed by atoms with Gasteiger partial charge in [-0.25, -0.2) is 0 Å². The van der Waals surface area contributed by atoms with Crippen molar-refractivity contribution in [1.29, 1.82) is 0 Å². The first-order chi connectivity index (χ1) is 12.5. The Kier molecular flexibility index (Phi) is 5.96. The summed E-state index contributed by atoms with van der Waals surface area (Å²) in [6.07, 6.45) is 2.30. The molecule has 134 valence electrons. The normalized spacial score (nSPS) is 18.5. The van der Waals surface area contributed by atoms with Crippen LogP contribution >= 0.6 is 23.4 Å². The zero-order valence-electron chi connectivity index (χ0n) is 14.5. The molecule has 1 atom stereocenters. The van der Waals surface area contributed by atoms with E-state index in [1.165, 1.54) is 11.8 Å². The molecule has 1 fully saturated rings. The Morgan fingerprint density at radius 3 is 2.50 bits per heavy atom. The molecule has 1 aliphatic rings. The molecule has 3 rings (SSSR count). The summed E-state index contributed by atoms with van der Waals surface area (Å²) in [7, 11) is 3.99. The largest absolute Gasteiger partial charge is 0.378 e. The number of benzene rings is 2. The fraction of sp³-hybridized carbons (Fsp3) is 0.211. The van der Waals surface area contributed by atoms with E-state index < -0.39 is 0 Å². The summed E-state index contributed by atoms with van der Waals surface area (Å²) in [5.41, 5.74) is 3.14. The molecule has 1 N–H and O–H groups in total. The summed E-state index contributed by atoms with van der Waals surface area (Å²) in [5.74, 6) is -0.0470. The predicted octanol–water partition coefficient (Wildman–Crippen LogP) is 3.57. The van der Waals surface area contributed by atoms with Gasteiger partial charge in [0.2, 0.25) is 5.91 Å². The number of rotatable bonds is 5. The smallest absolute Gasteiger partial charge is 0.239 e. The van der Waals surface area contributed by atoms with E-state index >= 15 is 0 Å². The molecule has 0 aromatic heterocycles. The fourth-order valence-corrected chi connectivity index (χ4v) is 3.52. The standard InChI is InChI=1S/C19H19ClN4OS/c1-24(2)16-9-5-14(6-10-16)12-21-23-19-22-18(25)17(26-19)11-13-3-7-15(20)8-4-13/h3-10,12,17H,11H2,1-2H3,(H,22,23,25)/b21-12-/t17-/m0/s1. The lowest BCUT2D eigenvalue weighted by Gasteiger charge is -2.11. The molecular formula is C19H19ClN4OS. The third-order valence-corrected chi connectivity index (χ3v) is 5.20. The van der Waals surface area contributed by atoms with E-state index in [0.717, 1.165) is 16.8 Å². The van der Waals surface area contributed by atoms with Gasteiger partial charge in [-0.15, -0.1) is 5.10 Å². The number of amides is 1. The van der Waals surface area contributed by atoms with E-state index in [0.29, 0.717) is 16.6 Å². The first-order valence-electron chi connectivity index (χ1n) is 8.11. The van der Waals surface area contributed by atoms with Gasteiger partial charge in [-0.2, -0.15) is 5.10 Å². The quantitative estimate of drug-likeness (QED) is 0.631. The van der Waals surface area contributed by atoms with Gasteiger partial charge in [0.25, 0.3) is 0 Å². The molecule has 1 aliphatic heterocycles. The van der Waals surface area contributed by atoms with Crippen LogP contribution in [-0.4, -0.2) is 36.6 Å². The van der Waals surface area contributed by atoms with E-state index in [9.17, 15) is 4.79 Å². The van der Waals surface area contributed by atoms with Gasteiger partial charge >= 0.3 is 0 Å². The van der Waals surface area contributed by atoms with Crippen LogP contribution < -0.4 is 10.2 Å². The topological polar surface area (TPSA) is 57.1 Å². The lowest BCUT2D eigenvalue weighted by molar-refractivity contribution is -0.118. The fourth-order valence-electron chi connectivity index (χ4n) is 2.43. The van der Waals surface area contributed by atoms with Crippen molar-refractivity contribution in [3.63, 3.8) is 0 Å². The molecule has 0 aliphatic carbocycles. The van der Waals surface area contributed by atoms with E-state index in [2.05, 4.69) is 15.5 Å². The highest BCUT2D eigenvalue weighted by Crippen LogP contribution is 2.24. The molecule has 0 radical (unpaired) electrons. The Bertz CT molecular complexity index is 832. The molecule has 1 saturated heterocycles. The van der Waals surface area contributed by atoms with Crippen molar-refractivity contribution in [1.82, 2.24) is 5.32 Å². The number of carbonyl (C=O) groups is 1. The van der Waals surface area contributed by atoms with Gasteiger partial charge < -0.3 is 10.2 Å². The highest BCUT2D eigenvalue weighted by molar-refractivity contribution is 8.15. The van der Waals surface area contributed by atoms with Crippen LogP contribution in [0.4, 0.5) is 5.69 Å². The van der Waals surface area contributed by atoms with Gasteiger partial charge in [0.1, 0.15) is 0 Å². The minimum Gasteiger partial charge on any atom is -0.378 e. The number of nitrogens with zero attached hydrogens (tertiary/aromatic N) is 3. The average Bonchev–Trinajstić information content (AvgIpc) is 2.97. The molecule has 7 heteroatoms. The molecule has 1 heterocycles. The van der Waals surface area contributed by atoms with Crippen LogP contribution in [0, 0.1) is 0 Å². The van der Waals surface area contributed by atoms with Crippen LogP contribution in [-0.2, 0) is 11.2 Å². The number of hydrogen-bond acceptors (Lipinski definition) is 5. The van der Waals surface area contributed by atoms with Gasteiger partial charge in [0.15, 0.2) is 5.17 Å². The van der Waals surface area contributed by atoms with Gasteiger partial charge in [0, 0.05) is 24.8 Å². The number of halogens is 1. The molecular weight excluding hydrogens is 368 g/mol. The van der Waals surface area contributed by atoms with Gasteiger partial charge in [-0.05, 0) is 41.8 Å². The molecule has 26 heavy (non-hydrogen) atoms. The van der Waals surface area contributed by atoms with Gasteiger partial charge in [-0.1, -0.05) is 47.6 Å². The Hall–Kier alpha value is -2.31. The number of nitrogens with one attached hydrogen (secondary N) is 1. The minimum atomic E-state index is -0.204. The second kappa shape index (κ2) is 8.38. The van der Waals surface area contributed by atoms with Crippen molar-refractivity contribution in [3.8, 4) is 0 Å². The summed E-state index contributed by atoms with van der Waals surface area (Å²) in [4.78, 5) is 14.1. The van der Waals surface area contributed by atoms with Crippen LogP contribution in [0.1, 0.15) is 11.1 Å². The predicted molar refractivity (Wildman–Crippen MR) is 110 cm³/mol. The van der Waals surface area contributed by atoms with Crippen molar-refractivity contribution in [2.24, 2.45) is 10.2 Å². The van der Waals surface area contributed by atoms with Crippen molar-refractivity contribution >= 4 is 46.3 Å². The van der Waals surface area contributed by atoms with E-state index in [1.54, 1.807) is 6.21 Å². The lowest BCUT2D eigenvalue weighted by Crippen LogP contribution is -2.25. The first kappa shape index (κ1) is 18.5. The van der Waals surface area contributed by atoms with Crippen LogP contribution in [0.25, 0.3) is 0 Å². The molecule has 0 spiro atoms. The third-order valence-electron chi connectivity index (χ3n) is 3.88. The van der Waals surface area contributed by atoms with Crippen LogP contribution in [0.15, 0.2) is 58.7 Å². The second-order valence-corrected chi connectivity index (χ2v) is 7.69. The maximum Gasteiger partial charge on any atom is 0.239 e. The average molecular weight is 387 g/mol. The molecule has 0 unspecified atom stereocenters. The third kappa shape index (κ3) is 4.86. The number of hydrogen-bond donors (Lipinski definition) is 1. The van der Waals surface area contributed by atoms with Crippen molar-refractivity contribution in [3.05, 3.63) is 64.7 Å². The number of carbonyl (C=O) groups excluding carboxylic acids is 1. The van der Waals surface area contributed by atoms with Crippen LogP contribution in [0.2, 0.25) is 5.02 Å². The maximum absolute atomic E-state index is 12.1. The van der Waals surface area contributed by atoms with Gasteiger partial charge in [0.05, 0.1) is 11.5 Å². The zero-order chi connectivity index (χ0) is 18.5. The van der Waals surface area contributed by atoms with E-state index in [-0.39, 0.29) is 11.2 Å². The summed E-state index contributed by atoms with van der Waals surface area (Å²) < 4.78 is 0. The summed E-state index contributed by atoms with van der Waals surface area (Å²) in [6.45, 7) is 0. The molecule has 0 saturated carbocycles. The Labute approximate surface area is 162 Å². The van der Waals surface area contributed by atoms with Crippen molar-refractivity contribution in [2.75, 3.05) is 19.0 Å². The molecule has 2 aromatic rings. The minimum absolute atomic E-state index is 0.0470. The number of thioether (sulfide) groups is 1. The zero-order valence-corrected chi connectivity index (χ0v) is 16.1. The SMILES string of the molecule is CN(C)c1ccc(/C=N\N=C2/NC(=O)[C@H](Cc3ccc(Cl)cc3)S2)cc1. The number of anilines is 1.